The van der Waals surface area contributed by atoms with E-state index in [4.69, 9.17) is 14.5 Å². The highest BCUT2D eigenvalue weighted by atomic mass is 32.2. The van der Waals surface area contributed by atoms with E-state index in [2.05, 4.69) is 0 Å². The molecule has 2 aromatic rings. The molecule has 0 aromatic heterocycles. The Bertz CT molecular complexity index is 1230. The number of carbonyl (C=O) groups excluding carboxylic acids is 1. The number of thioether (sulfide) groups is 2. The molecule has 0 heterocycles. The van der Waals surface area contributed by atoms with Gasteiger partial charge in [0.15, 0.2) is 5.78 Å². The normalized spacial score (nSPS) is 13.7. The van der Waals surface area contributed by atoms with Crippen LogP contribution in [0, 0.1) is 12.3 Å². The zero-order valence-corrected chi connectivity index (χ0v) is 19.9. The molecule has 0 spiro atoms. The Hall–Kier alpha value is -1.90. The molecule has 0 amide bonds. The van der Waals surface area contributed by atoms with Gasteiger partial charge < -0.3 is 5.11 Å². The fourth-order valence-corrected chi connectivity index (χ4v) is 7.50. The van der Waals surface area contributed by atoms with Crippen LogP contribution in [-0.2, 0) is 20.2 Å². The predicted octanol–water partition coefficient (Wildman–Crippen LogP) is 2.62. The third-order valence-corrected chi connectivity index (χ3v) is 9.10. The van der Waals surface area contributed by atoms with Crippen molar-refractivity contribution in [3.8, 4) is 5.75 Å². The van der Waals surface area contributed by atoms with Gasteiger partial charge in [0.25, 0.3) is 20.2 Å². The summed E-state index contributed by atoms with van der Waals surface area (Å²) in [4.78, 5) is 13.7. The van der Waals surface area contributed by atoms with Crippen LogP contribution >= 0.6 is 23.5 Å². The van der Waals surface area contributed by atoms with E-state index in [1.807, 2.05) is 0 Å². The Morgan fingerprint density at radius 1 is 0.875 bits per heavy atom. The van der Waals surface area contributed by atoms with Gasteiger partial charge in [-0.3, -0.25) is 19.3 Å². The fourth-order valence-electron chi connectivity index (χ4n) is 3.32. The molecule has 9 nitrogen and oxygen atoms in total. The second-order valence-corrected chi connectivity index (χ2v) is 12.3. The summed E-state index contributed by atoms with van der Waals surface area (Å²) in [5, 5.41) is 19.6. The van der Waals surface area contributed by atoms with Crippen molar-refractivity contribution in [1.82, 2.24) is 0 Å². The highest BCUT2D eigenvalue weighted by molar-refractivity contribution is 8.03. The lowest BCUT2D eigenvalue weighted by atomic mass is 9.81. The summed E-state index contributed by atoms with van der Waals surface area (Å²) in [6.45, 7) is 1.62. The first-order valence-corrected chi connectivity index (χ1v) is 14.3. The van der Waals surface area contributed by atoms with Gasteiger partial charge in [0.1, 0.15) is 5.75 Å². The van der Waals surface area contributed by atoms with Crippen LogP contribution in [0.2, 0.25) is 0 Å². The van der Waals surface area contributed by atoms with Crippen molar-refractivity contribution in [2.75, 3.05) is 23.0 Å². The Kier molecular flexibility index (Phi) is 7.08. The van der Waals surface area contributed by atoms with Gasteiger partial charge in [-0.15, -0.1) is 23.5 Å². The average Bonchev–Trinajstić information content (AvgIpc) is 2.68. The number of benzene rings is 2. The number of rotatable bonds is 8. The third kappa shape index (κ3) is 5.18. The molecule has 1 aliphatic rings. The maximum absolute atomic E-state index is 13.1. The molecule has 0 aliphatic heterocycles. The van der Waals surface area contributed by atoms with Crippen LogP contribution in [0.3, 0.4) is 0 Å². The number of phenols is 1. The molecule has 0 fully saturated rings. The van der Waals surface area contributed by atoms with Crippen LogP contribution in [-0.4, -0.2) is 65.6 Å². The largest absolute Gasteiger partial charge is 0.506 e. The zero-order chi connectivity index (χ0) is 23.8. The molecule has 0 atom stereocenters. The zero-order valence-electron chi connectivity index (χ0n) is 16.7. The van der Waals surface area contributed by atoms with Crippen LogP contribution in [0.4, 0.5) is 0 Å². The van der Waals surface area contributed by atoms with Gasteiger partial charge in [-0.05, 0) is 12.5 Å². The molecule has 2 aromatic carbocycles. The standard InChI is InChI=1S/C19H19NO8S4/c1-10-13-14(16(21)12-5-3-2-4-11(12)15(13)20)17(22)19(30-7-9-32(26,27)28)18(10)29-6-8-31(23,24)25/h2-5,20,22H,6-9H2,1H3,(H,23,24,25)(H,26,27,28). The Morgan fingerprint density at radius 3 is 1.91 bits per heavy atom. The number of phenolic OH excluding ortho intramolecular Hbond substituents is 1. The van der Waals surface area contributed by atoms with Crippen molar-refractivity contribution in [2.45, 2.75) is 16.7 Å². The quantitative estimate of drug-likeness (QED) is 0.257. The third-order valence-electron chi connectivity index (χ3n) is 4.72. The van der Waals surface area contributed by atoms with Crippen molar-refractivity contribution in [3.05, 3.63) is 52.1 Å². The second kappa shape index (κ2) is 9.15. The van der Waals surface area contributed by atoms with Gasteiger partial charge >= 0.3 is 0 Å². The van der Waals surface area contributed by atoms with Crippen molar-refractivity contribution in [3.63, 3.8) is 0 Å². The molecule has 0 bridgehead atoms. The van der Waals surface area contributed by atoms with Crippen molar-refractivity contribution < 1.29 is 35.8 Å². The van der Waals surface area contributed by atoms with Crippen LogP contribution in [0.5, 0.6) is 5.75 Å². The molecule has 32 heavy (non-hydrogen) atoms. The summed E-state index contributed by atoms with van der Waals surface area (Å²) in [6, 6.07) is 6.49. The van der Waals surface area contributed by atoms with Crippen LogP contribution in [0.1, 0.15) is 32.6 Å². The van der Waals surface area contributed by atoms with Gasteiger partial charge in [0.2, 0.25) is 0 Å². The predicted molar refractivity (Wildman–Crippen MR) is 123 cm³/mol. The lowest BCUT2D eigenvalue weighted by molar-refractivity contribution is 0.103. The van der Waals surface area contributed by atoms with Crippen molar-refractivity contribution in [1.29, 1.82) is 5.41 Å². The molecule has 4 N–H and O–H groups in total. The average molecular weight is 518 g/mol. The summed E-state index contributed by atoms with van der Waals surface area (Å²) < 4.78 is 62.5. The Balaban J connectivity index is 2.15. The van der Waals surface area contributed by atoms with E-state index >= 15 is 0 Å². The van der Waals surface area contributed by atoms with E-state index in [-0.39, 0.29) is 38.8 Å². The smallest absolute Gasteiger partial charge is 0.265 e. The number of nitrogens with one attached hydrogen (secondary N) is 1. The summed E-state index contributed by atoms with van der Waals surface area (Å²) in [5.41, 5.74) is 1.24. The van der Waals surface area contributed by atoms with Crippen molar-refractivity contribution in [2.24, 2.45) is 0 Å². The minimum atomic E-state index is -4.27. The maximum atomic E-state index is 13.1. The summed E-state index contributed by atoms with van der Waals surface area (Å²) in [6.07, 6.45) is 0. The van der Waals surface area contributed by atoms with Gasteiger partial charge in [-0.1, -0.05) is 24.3 Å². The SMILES string of the molecule is Cc1c(SCCS(=O)(=O)O)c(SCCS(=O)(=O)O)c(O)c2c1C(=N)c1ccccc1C2=O. The van der Waals surface area contributed by atoms with Crippen molar-refractivity contribution >= 4 is 55.3 Å². The summed E-state index contributed by atoms with van der Waals surface area (Å²) >= 11 is 1.88. The van der Waals surface area contributed by atoms with E-state index in [9.17, 15) is 26.7 Å². The number of aromatic hydroxyl groups is 1. The first kappa shape index (κ1) is 24.7. The van der Waals surface area contributed by atoms with Gasteiger partial charge in [-0.2, -0.15) is 16.8 Å². The molecule has 0 unspecified atom stereocenters. The molecule has 0 radical (unpaired) electrons. The molecule has 1 aliphatic carbocycles. The van der Waals surface area contributed by atoms with E-state index in [0.717, 1.165) is 23.5 Å². The molecule has 13 heteroatoms. The van der Waals surface area contributed by atoms with E-state index in [1.165, 1.54) is 0 Å². The molecule has 0 saturated carbocycles. The lowest BCUT2D eigenvalue weighted by Gasteiger charge is -2.26. The Labute approximate surface area is 193 Å². The number of carbonyl (C=O) groups is 1. The number of ketones is 1. The highest BCUT2D eigenvalue weighted by Crippen LogP contribution is 2.47. The number of fused-ring (bicyclic) bond motifs is 2. The highest BCUT2D eigenvalue weighted by Gasteiger charge is 2.34. The topological polar surface area (TPSA) is 170 Å². The number of hydrogen-bond acceptors (Lipinski definition) is 9. The van der Waals surface area contributed by atoms with E-state index in [0.29, 0.717) is 16.0 Å². The van der Waals surface area contributed by atoms with Crippen LogP contribution in [0.15, 0.2) is 34.1 Å². The van der Waals surface area contributed by atoms with E-state index in [1.54, 1.807) is 31.2 Å². The van der Waals surface area contributed by atoms with Crippen LogP contribution < -0.4 is 0 Å². The van der Waals surface area contributed by atoms with Gasteiger partial charge in [0, 0.05) is 33.1 Å². The summed E-state index contributed by atoms with van der Waals surface area (Å²) in [5.74, 6) is -2.32. The molecular formula is C19H19NO8S4. The van der Waals surface area contributed by atoms with Gasteiger partial charge in [0.05, 0.1) is 27.7 Å². The fraction of sp³-hybridized carbons (Fsp3) is 0.263. The molecule has 0 saturated heterocycles. The first-order chi connectivity index (χ1) is 14.8. The summed E-state index contributed by atoms with van der Waals surface area (Å²) in [7, 11) is -8.51. The lowest BCUT2D eigenvalue weighted by Crippen LogP contribution is -2.23. The van der Waals surface area contributed by atoms with E-state index < -0.39 is 43.3 Å². The second-order valence-electron chi connectivity index (χ2n) is 6.90. The monoisotopic (exact) mass is 517 g/mol. The minimum absolute atomic E-state index is 0.0223. The Morgan fingerprint density at radius 2 is 1.38 bits per heavy atom. The molecule has 172 valence electrons. The maximum Gasteiger partial charge on any atom is 0.265 e. The number of hydrogen-bond donors (Lipinski definition) is 4. The van der Waals surface area contributed by atoms with Gasteiger partial charge in [-0.25, -0.2) is 0 Å². The molecular weight excluding hydrogens is 498 g/mol. The molecule has 3 rings (SSSR count). The first-order valence-electron chi connectivity index (χ1n) is 9.10. The minimum Gasteiger partial charge on any atom is -0.506 e. The van der Waals surface area contributed by atoms with Crippen LogP contribution in [0.25, 0.3) is 0 Å².